The lowest BCUT2D eigenvalue weighted by Crippen LogP contribution is -2.03. The fraction of sp³-hybridized carbons (Fsp3) is 0. The molecular formula is C12H7NO4. The average molecular weight is 229 g/mol. The highest BCUT2D eigenvalue weighted by molar-refractivity contribution is 5.89. The van der Waals surface area contributed by atoms with Gasteiger partial charge in [0.2, 0.25) is 0 Å². The molecule has 2 aromatic heterocycles. The Kier molecular flexibility index (Phi) is 1.98. The zero-order valence-corrected chi connectivity index (χ0v) is 8.58. The zero-order chi connectivity index (χ0) is 11.8. The van der Waals surface area contributed by atoms with Crippen LogP contribution < -0.4 is 5.63 Å². The van der Waals surface area contributed by atoms with E-state index in [2.05, 4.69) is 9.68 Å². The molecule has 1 N–H and O–H groups in total. The van der Waals surface area contributed by atoms with Crippen molar-refractivity contribution >= 4 is 11.0 Å². The molecule has 0 aliphatic carbocycles. The summed E-state index contributed by atoms with van der Waals surface area (Å²) < 4.78 is 9.75. The fourth-order valence-corrected chi connectivity index (χ4v) is 1.70. The Morgan fingerprint density at radius 1 is 1.18 bits per heavy atom. The van der Waals surface area contributed by atoms with Gasteiger partial charge in [-0.05, 0) is 12.1 Å². The van der Waals surface area contributed by atoms with Crippen LogP contribution in [0.4, 0.5) is 0 Å². The van der Waals surface area contributed by atoms with Gasteiger partial charge in [0.15, 0.2) is 0 Å². The van der Waals surface area contributed by atoms with Crippen LogP contribution in [0.2, 0.25) is 0 Å². The average Bonchev–Trinajstić information content (AvgIpc) is 2.83. The molecule has 17 heavy (non-hydrogen) atoms. The molecule has 0 saturated carbocycles. The van der Waals surface area contributed by atoms with Gasteiger partial charge in [0, 0.05) is 6.07 Å². The van der Waals surface area contributed by atoms with E-state index in [-0.39, 0.29) is 17.0 Å². The minimum absolute atomic E-state index is 0.0115. The molecule has 2 heterocycles. The Hall–Kier alpha value is -2.56. The molecule has 3 aromatic rings. The summed E-state index contributed by atoms with van der Waals surface area (Å²) >= 11 is 0. The lowest BCUT2D eigenvalue weighted by atomic mass is 10.1. The monoisotopic (exact) mass is 229 g/mol. The SMILES string of the molecule is O=c1oc2ccccc2c(O)c1-c1ccon1. The molecule has 0 fully saturated rings. The van der Waals surface area contributed by atoms with Gasteiger partial charge in [-0.3, -0.25) is 0 Å². The first-order chi connectivity index (χ1) is 8.27. The van der Waals surface area contributed by atoms with E-state index in [1.54, 1.807) is 24.3 Å². The Balaban J connectivity index is 2.44. The molecule has 0 atom stereocenters. The number of rotatable bonds is 1. The maximum Gasteiger partial charge on any atom is 0.349 e. The summed E-state index contributed by atoms with van der Waals surface area (Å²) in [5, 5.41) is 14.1. The molecule has 84 valence electrons. The summed E-state index contributed by atoms with van der Waals surface area (Å²) in [5.41, 5.74) is -0.0446. The third-order valence-electron chi connectivity index (χ3n) is 2.48. The molecule has 0 aliphatic rings. The van der Waals surface area contributed by atoms with Crippen LogP contribution in [0.15, 0.2) is 50.3 Å². The predicted molar refractivity (Wildman–Crippen MR) is 59.6 cm³/mol. The molecule has 0 unspecified atom stereocenters. The zero-order valence-electron chi connectivity index (χ0n) is 8.58. The van der Waals surface area contributed by atoms with E-state index in [0.717, 1.165) is 0 Å². The Morgan fingerprint density at radius 2 is 2.00 bits per heavy atom. The van der Waals surface area contributed by atoms with Crippen molar-refractivity contribution in [1.82, 2.24) is 5.16 Å². The summed E-state index contributed by atoms with van der Waals surface area (Å²) in [7, 11) is 0. The predicted octanol–water partition coefficient (Wildman–Crippen LogP) is 2.15. The molecule has 1 aromatic carbocycles. The summed E-state index contributed by atoms with van der Waals surface area (Å²) in [5.74, 6) is -0.147. The molecule has 0 spiro atoms. The molecule has 5 heteroatoms. The van der Waals surface area contributed by atoms with Gasteiger partial charge in [-0.25, -0.2) is 4.79 Å². The van der Waals surface area contributed by atoms with Crippen molar-refractivity contribution in [1.29, 1.82) is 0 Å². The van der Waals surface area contributed by atoms with Crippen molar-refractivity contribution in [3.8, 4) is 17.0 Å². The smallest absolute Gasteiger partial charge is 0.349 e. The number of benzene rings is 1. The van der Waals surface area contributed by atoms with Gasteiger partial charge in [0.1, 0.15) is 28.9 Å². The standard InChI is InChI=1S/C12H7NO4/c14-11-7-3-1-2-4-9(7)17-12(15)10(11)8-5-6-16-13-8/h1-6,14H. The normalized spacial score (nSPS) is 10.8. The van der Waals surface area contributed by atoms with Crippen LogP contribution in [0, 0.1) is 0 Å². The van der Waals surface area contributed by atoms with Gasteiger partial charge in [-0.15, -0.1) is 0 Å². The number of aromatic hydroxyl groups is 1. The largest absolute Gasteiger partial charge is 0.506 e. The van der Waals surface area contributed by atoms with Crippen molar-refractivity contribution in [3.63, 3.8) is 0 Å². The summed E-state index contributed by atoms with van der Waals surface area (Å²) in [6, 6.07) is 8.23. The second-order valence-electron chi connectivity index (χ2n) is 3.49. The molecule has 3 rings (SSSR count). The third-order valence-corrected chi connectivity index (χ3v) is 2.48. The highest BCUT2D eigenvalue weighted by atomic mass is 16.5. The molecule has 0 radical (unpaired) electrons. The van der Waals surface area contributed by atoms with Gasteiger partial charge in [0.05, 0.1) is 5.39 Å². The Morgan fingerprint density at radius 3 is 2.76 bits per heavy atom. The van der Waals surface area contributed by atoms with E-state index in [1.807, 2.05) is 0 Å². The van der Waals surface area contributed by atoms with Crippen LogP contribution in [0.25, 0.3) is 22.2 Å². The van der Waals surface area contributed by atoms with E-state index in [9.17, 15) is 9.90 Å². The van der Waals surface area contributed by atoms with Gasteiger partial charge < -0.3 is 14.0 Å². The first-order valence-electron chi connectivity index (χ1n) is 4.93. The van der Waals surface area contributed by atoms with E-state index in [1.165, 1.54) is 12.3 Å². The number of nitrogens with zero attached hydrogens (tertiary/aromatic N) is 1. The first-order valence-corrected chi connectivity index (χ1v) is 4.93. The van der Waals surface area contributed by atoms with Crippen molar-refractivity contribution in [2.24, 2.45) is 0 Å². The van der Waals surface area contributed by atoms with E-state index in [4.69, 9.17) is 4.42 Å². The maximum absolute atomic E-state index is 11.7. The fourth-order valence-electron chi connectivity index (χ4n) is 1.70. The molecule has 0 amide bonds. The first kappa shape index (κ1) is 9.65. The topological polar surface area (TPSA) is 76.5 Å². The van der Waals surface area contributed by atoms with Gasteiger partial charge >= 0.3 is 5.63 Å². The highest BCUT2D eigenvalue weighted by Gasteiger charge is 2.17. The van der Waals surface area contributed by atoms with Crippen molar-refractivity contribution in [2.45, 2.75) is 0 Å². The maximum atomic E-state index is 11.7. The second-order valence-corrected chi connectivity index (χ2v) is 3.49. The Bertz CT molecular complexity index is 728. The summed E-state index contributed by atoms with van der Waals surface area (Å²) in [6.07, 6.45) is 1.32. The molecule has 5 nitrogen and oxygen atoms in total. The van der Waals surface area contributed by atoms with Crippen LogP contribution >= 0.6 is 0 Å². The lowest BCUT2D eigenvalue weighted by Gasteiger charge is -2.02. The minimum Gasteiger partial charge on any atom is -0.506 e. The highest BCUT2D eigenvalue weighted by Crippen LogP contribution is 2.31. The number of hydrogen-bond acceptors (Lipinski definition) is 5. The molecule has 0 saturated heterocycles. The van der Waals surface area contributed by atoms with Gasteiger partial charge in [-0.2, -0.15) is 0 Å². The summed E-state index contributed by atoms with van der Waals surface area (Å²) in [4.78, 5) is 11.7. The van der Waals surface area contributed by atoms with Crippen LogP contribution in [-0.2, 0) is 0 Å². The van der Waals surface area contributed by atoms with Crippen molar-refractivity contribution in [2.75, 3.05) is 0 Å². The van der Waals surface area contributed by atoms with E-state index < -0.39 is 5.63 Å². The van der Waals surface area contributed by atoms with Gasteiger partial charge in [-0.1, -0.05) is 17.3 Å². The van der Waals surface area contributed by atoms with Crippen LogP contribution in [0.3, 0.4) is 0 Å². The van der Waals surface area contributed by atoms with Crippen molar-refractivity contribution < 1.29 is 14.0 Å². The molecule has 0 aliphatic heterocycles. The molecular weight excluding hydrogens is 222 g/mol. The van der Waals surface area contributed by atoms with Crippen molar-refractivity contribution in [3.05, 3.63) is 47.0 Å². The Labute approximate surface area is 94.9 Å². The summed E-state index contributed by atoms with van der Waals surface area (Å²) in [6.45, 7) is 0. The lowest BCUT2D eigenvalue weighted by molar-refractivity contribution is 0.420. The van der Waals surface area contributed by atoms with E-state index in [0.29, 0.717) is 11.0 Å². The van der Waals surface area contributed by atoms with Gasteiger partial charge in [0.25, 0.3) is 0 Å². The number of aromatic nitrogens is 1. The van der Waals surface area contributed by atoms with E-state index >= 15 is 0 Å². The number of fused-ring (bicyclic) bond motifs is 1. The van der Waals surface area contributed by atoms with Crippen LogP contribution in [0.5, 0.6) is 5.75 Å². The number of hydrogen-bond donors (Lipinski definition) is 1. The number of para-hydroxylation sites is 1. The third kappa shape index (κ3) is 1.40. The quantitative estimate of drug-likeness (QED) is 0.647. The second kappa shape index (κ2) is 3.48. The van der Waals surface area contributed by atoms with Crippen LogP contribution in [-0.4, -0.2) is 10.3 Å². The molecule has 0 bridgehead atoms. The minimum atomic E-state index is -0.643. The van der Waals surface area contributed by atoms with Crippen LogP contribution in [0.1, 0.15) is 0 Å².